The largest absolute Gasteiger partial charge is 0.462 e. The second-order valence-electron chi connectivity index (χ2n) is 6.42. The minimum atomic E-state index is -0.704. The molecule has 22 heavy (non-hydrogen) atoms. The van der Waals surface area contributed by atoms with Gasteiger partial charge in [-0.3, -0.25) is 4.79 Å². The summed E-state index contributed by atoms with van der Waals surface area (Å²) in [5.74, 6) is -1.34. The van der Waals surface area contributed by atoms with Gasteiger partial charge in [0.2, 0.25) is 0 Å². The molecule has 4 unspecified atom stereocenters. The van der Waals surface area contributed by atoms with Crippen LogP contribution in [0.15, 0.2) is 36.4 Å². The average Bonchev–Trinajstić information content (AvgIpc) is 2.43. The van der Waals surface area contributed by atoms with Crippen molar-refractivity contribution in [2.75, 3.05) is 0 Å². The van der Waals surface area contributed by atoms with Gasteiger partial charge in [-0.1, -0.05) is 42.5 Å². The van der Waals surface area contributed by atoms with Gasteiger partial charge in [0.25, 0.3) is 0 Å². The Morgan fingerprint density at radius 3 is 2.64 bits per heavy atom. The van der Waals surface area contributed by atoms with Crippen molar-refractivity contribution < 1.29 is 19.0 Å². The smallest absolute Gasteiger partial charge is 0.314 e. The minimum absolute atomic E-state index is 0.110. The number of cyclic esters (lactones) is 1. The summed E-state index contributed by atoms with van der Waals surface area (Å²) in [5.41, 5.74) is 1.07. The molecule has 0 aliphatic carbocycles. The zero-order valence-electron chi connectivity index (χ0n) is 13.2. The predicted octanol–water partition coefficient (Wildman–Crippen LogP) is 3.17. The van der Waals surface area contributed by atoms with Crippen molar-refractivity contribution >= 4 is 12.0 Å². The Hall–Kier alpha value is -1.65. The van der Waals surface area contributed by atoms with Crippen molar-refractivity contribution in [3.05, 3.63) is 42.0 Å². The number of hydrogen-bond donors (Lipinski definition) is 0. The van der Waals surface area contributed by atoms with Crippen LogP contribution in [0, 0.1) is 5.92 Å². The SMILES string of the molecule is CC1CC2OC(C)(C)OC(C=Cc3ccccc3)C2C(=O)O1. The van der Waals surface area contributed by atoms with Gasteiger partial charge >= 0.3 is 5.97 Å². The maximum atomic E-state index is 12.3. The fourth-order valence-corrected chi connectivity index (χ4v) is 3.14. The molecule has 2 heterocycles. The topological polar surface area (TPSA) is 44.8 Å². The Bertz CT molecular complexity index is 564. The van der Waals surface area contributed by atoms with E-state index in [9.17, 15) is 4.79 Å². The molecule has 0 bridgehead atoms. The molecule has 2 aliphatic heterocycles. The third kappa shape index (κ3) is 3.23. The summed E-state index contributed by atoms with van der Waals surface area (Å²) >= 11 is 0. The minimum Gasteiger partial charge on any atom is -0.462 e. The molecule has 2 aliphatic rings. The summed E-state index contributed by atoms with van der Waals surface area (Å²) in [6.07, 6.45) is 4.02. The summed E-state index contributed by atoms with van der Waals surface area (Å²) < 4.78 is 17.3. The van der Waals surface area contributed by atoms with Crippen molar-refractivity contribution in [3.63, 3.8) is 0 Å². The van der Waals surface area contributed by atoms with Gasteiger partial charge in [0, 0.05) is 6.42 Å². The first kappa shape index (κ1) is 15.3. The maximum Gasteiger partial charge on any atom is 0.314 e. The fourth-order valence-electron chi connectivity index (χ4n) is 3.14. The molecule has 2 fully saturated rings. The quantitative estimate of drug-likeness (QED) is 0.787. The van der Waals surface area contributed by atoms with E-state index < -0.39 is 11.7 Å². The van der Waals surface area contributed by atoms with Gasteiger partial charge in [-0.2, -0.15) is 0 Å². The van der Waals surface area contributed by atoms with Crippen LogP contribution in [0.3, 0.4) is 0 Å². The van der Waals surface area contributed by atoms with Crippen LogP contribution in [-0.2, 0) is 19.0 Å². The van der Waals surface area contributed by atoms with E-state index in [2.05, 4.69) is 0 Å². The van der Waals surface area contributed by atoms with E-state index in [4.69, 9.17) is 14.2 Å². The van der Waals surface area contributed by atoms with E-state index in [1.165, 1.54) is 0 Å². The van der Waals surface area contributed by atoms with E-state index >= 15 is 0 Å². The van der Waals surface area contributed by atoms with Crippen molar-refractivity contribution in [2.45, 2.75) is 51.3 Å². The van der Waals surface area contributed by atoms with Gasteiger partial charge < -0.3 is 14.2 Å². The molecule has 0 amide bonds. The lowest BCUT2D eigenvalue weighted by molar-refractivity contribution is -0.319. The first-order chi connectivity index (χ1) is 10.4. The van der Waals surface area contributed by atoms with E-state index in [-0.39, 0.29) is 24.3 Å². The molecule has 0 aromatic heterocycles. The summed E-state index contributed by atoms with van der Waals surface area (Å²) in [6.45, 7) is 5.67. The molecular weight excluding hydrogens is 280 g/mol. The Labute approximate surface area is 131 Å². The lowest BCUT2D eigenvalue weighted by Gasteiger charge is -2.47. The summed E-state index contributed by atoms with van der Waals surface area (Å²) in [6, 6.07) is 9.96. The highest BCUT2D eigenvalue weighted by molar-refractivity contribution is 5.75. The molecule has 1 aromatic rings. The first-order valence-corrected chi connectivity index (χ1v) is 7.74. The van der Waals surface area contributed by atoms with Gasteiger partial charge in [0.05, 0.1) is 12.2 Å². The van der Waals surface area contributed by atoms with Gasteiger partial charge in [-0.25, -0.2) is 0 Å². The van der Waals surface area contributed by atoms with Gasteiger partial charge in [-0.15, -0.1) is 0 Å². The molecule has 4 atom stereocenters. The van der Waals surface area contributed by atoms with Crippen LogP contribution < -0.4 is 0 Å². The van der Waals surface area contributed by atoms with Crippen LogP contribution in [0.25, 0.3) is 6.08 Å². The van der Waals surface area contributed by atoms with E-state index in [0.717, 1.165) is 5.56 Å². The summed E-state index contributed by atoms with van der Waals surface area (Å²) in [4.78, 5) is 12.3. The zero-order valence-corrected chi connectivity index (χ0v) is 13.2. The van der Waals surface area contributed by atoms with Crippen molar-refractivity contribution in [3.8, 4) is 0 Å². The Morgan fingerprint density at radius 2 is 1.91 bits per heavy atom. The Balaban J connectivity index is 1.84. The van der Waals surface area contributed by atoms with Crippen LogP contribution in [0.5, 0.6) is 0 Å². The number of carbonyl (C=O) groups is 1. The highest BCUT2D eigenvalue weighted by atomic mass is 16.7. The van der Waals surface area contributed by atoms with E-state index in [0.29, 0.717) is 6.42 Å². The van der Waals surface area contributed by atoms with Crippen LogP contribution in [-0.4, -0.2) is 30.1 Å². The molecule has 118 valence electrons. The molecule has 0 N–H and O–H groups in total. The van der Waals surface area contributed by atoms with Crippen LogP contribution >= 0.6 is 0 Å². The molecule has 2 saturated heterocycles. The lowest BCUT2D eigenvalue weighted by Crippen LogP contribution is -2.57. The molecule has 1 aromatic carbocycles. The number of ether oxygens (including phenoxy) is 3. The number of hydrogen-bond acceptors (Lipinski definition) is 4. The van der Waals surface area contributed by atoms with E-state index in [1.54, 1.807) is 0 Å². The van der Waals surface area contributed by atoms with Crippen molar-refractivity contribution in [1.82, 2.24) is 0 Å². The molecule has 0 saturated carbocycles. The Morgan fingerprint density at radius 1 is 1.18 bits per heavy atom. The second kappa shape index (κ2) is 5.86. The van der Waals surface area contributed by atoms with Crippen molar-refractivity contribution in [2.24, 2.45) is 5.92 Å². The molecular formula is C18H22O4. The van der Waals surface area contributed by atoms with Crippen LogP contribution in [0.4, 0.5) is 0 Å². The zero-order chi connectivity index (χ0) is 15.7. The summed E-state index contributed by atoms with van der Waals surface area (Å²) in [5, 5.41) is 0. The standard InChI is InChI=1S/C18H22O4/c1-12-11-15-16(17(19)20-12)14(21-18(2,3)22-15)10-9-13-7-5-4-6-8-13/h4-10,12,14-16H,11H2,1-3H3. The highest BCUT2D eigenvalue weighted by Gasteiger charge is 2.49. The molecule has 4 heteroatoms. The molecule has 3 rings (SSSR count). The first-order valence-electron chi connectivity index (χ1n) is 7.74. The normalized spacial score (nSPS) is 34.2. The van der Waals surface area contributed by atoms with Crippen LogP contribution in [0.1, 0.15) is 32.8 Å². The summed E-state index contributed by atoms with van der Waals surface area (Å²) in [7, 11) is 0. The third-order valence-electron chi connectivity index (χ3n) is 4.04. The average molecular weight is 302 g/mol. The Kier molecular flexibility index (Phi) is 4.06. The fraction of sp³-hybridized carbons (Fsp3) is 0.500. The number of benzene rings is 1. The maximum absolute atomic E-state index is 12.3. The lowest BCUT2D eigenvalue weighted by atomic mass is 9.87. The van der Waals surface area contributed by atoms with E-state index in [1.807, 2.05) is 63.3 Å². The molecule has 0 radical (unpaired) electrons. The monoisotopic (exact) mass is 302 g/mol. The number of fused-ring (bicyclic) bond motifs is 1. The van der Waals surface area contributed by atoms with Crippen molar-refractivity contribution in [1.29, 1.82) is 0 Å². The van der Waals surface area contributed by atoms with Gasteiger partial charge in [0.1, 0.15) is 12.0 Å². The third-order valence-corrected chi connectivity index (χ3v) is 4.04. The molecule has 4 nitrogen and oxygen atoms in total. The predicted molar refractivity (Wildman–Crippen MR) is 83.0 cm³/mol. The second-order valence-corrected chi connectivity index (χ2v) is 6.42. The van der Waals surface area contributed by atoms with Gasteiger partial charge in [-0.05, 0) is 26.3 Å². The van der Waals surface area contributed by atoms with Gasteiger partial charge in [0.15, 0.2) is 5.79 Å². The number of esters is 1. The molecule has 0 spiro atoms. The number of carbonyl (C=O) groups excluding carboxylic acids is 1. The van der Waals surface area contributed by atoms with Crippen LogP contribution in [0.2, 0.25) is 0 Å². The highest BCUT2D eigenvalue weighted by Crippen LogP contribution is 2.38. The number of rotatable bonds is 2.